The molecule has 2 rings (SSSR count). The zero-order chi connectivity index (χ0) is 14.8. The summed E-state index contributed by atoms with van der Waals surface area (Å²) in [5.74, 6) is 0. The van der Waals surface area contributed by atoms with Crippen LogP contribution < -0.4 is 5.32 Å². The lowest BCUT2D eigenvalue weighted by molar-refractivity contribution is 0.0291. The second kappa shape index (κ2) is 6.28. The molecule has 0 unspecified atom stereocenters. The molecule has 0 saturated carbocycles. The third kappa shape index (κ3) is 4.61. The van der Waals surface area contributed by atoms with E-state index in [0.29, 0.717) is 17.1 Å². The van der Waals surface area contributed by atoms with Crippen LogP contribution in [-0.4, -0.2) is 40.7 Å². The van der Waals surface area contributed by atoms with Gasteiger partial charge in [-0.05, 0) is 27.2 Å². The van der Waals surface area contributed by atoms with Gasteiger partial charge in [0.2, 0.25) is 0 Å². The number of nitrogens with zero attached hydrogens (tertiary/aromatic N) is 2. The summed E-state index contributed by atoms with van der Waals surface area (Å²) in [7, 11) is 0. The Morgan fingerprint density at radius 3 is 3.00 bits per heavy atom. The minimum atomic E-state index is -0.442. The van der Waals surface area contributed by atoms with Gasteiger partial charge in [0, 0.05) is 36.8 Å². The SMILES string of the molecule is CC(C)(C)OC(=O)N1CC[C@H](NCc2cnc(Cl)s2)C1. The average Bonchev–Trinajstić information content (AvgIpc) is 2.93. The van der Waals surface area contributed by atoms with Crippen molar-refractivity contribution < 1.29 is 9.53 Å². The van der Waals surface area contributed by atoms with Gasteiger partial charge in [0.15, 0.2) is 4.47 Å². The number of nitrogens with one attached hydrogen (secondary N) is 1. The molecule has 1 aromatic rings. The van der Waals surface area contributed by atoms with E-state index in [0.717, 1.165) is 24.4 Å². The Morgan fingerprint density at radius 2 is 2.40 bits per heavy atom. The zero-order valence-electron chi connectivity index (χ0n) is 12.0. The normalized spacial score (nSPS) is 19.4. The van der Waals surface area contributed by atoms with Crippen LogP contribution in [0.25, 0.3) is 0 Å². The summed E-state index contributed by atoms with van der Waals surface area (Å²) >= 11 is 7.26. The van der Waals surface area contributed by atoms with Crippen molar-refractivity contribution in [3.63, 3.8) is 0 Å². The molecule has 1 amide bonds. The first kappa shape index (κ1) is 15.5. The first-order valence-corrected chi connectivity index (χ1v) is 7.84. The topological polar surface area (TPSA) is 54.5 Å². The Kier molecular flexibility index (Phi) is 4.88. The summed E-state index contributed by atoms with van der Waals surface area (Å²) in [4.78, 5) is 18.8. The van der Waals surface area contributed by atoms with Gasteiger partial charge in [0.25, 0.3) is 0 Å². The molecule has 1 aromatic heterocycles. The monoisotopic (exact) mass is 317 g/mol. The Labute approximate surface area is 128 Å². The van der Waals surface area contributed by atoms with Gasteiger partial charge in [0.05, 0.1) is 0 Å². The van der Waals surface area contributed by atoms with Crippen LogP contribution in [0, 0.1) is 0 Å². The van der Waals surface area contributed by atoms with Crippen molar-refractivity contribution in [3.05, 3.63) is 15.5 Å². The standard InChI is InChI=1S/C13H20ClN3O2S/c1-13(2,3)19-12(18)17-5-4-9(8-17)15-6-10-7-16-11(14)20-10/h7,9,15H,4-6,8H2,1-3H3/t9-/m0/s1. The first-order chi connectivity index (χ1) is 9.33. The summed E-state index contributed by atoms with van der Waals surface area (Å²) in [5.41, 5.74) is -0.442. The highest BCUT2D eigenvalue weighted by atomic mass is 35.5. The number of carbonyl (C=O) groups excluding carboxylic acids is 1. The van der Waals surface area contributed by atoms with Gasteiger partial charge in [-0.25, -0.2) is 9.78 Å². The van der Waals surface area contributed by atoms with Crippen molar-refractivity contribution in [1.82, 2.24) is 15.2 Å². The lowest BCUT2D eigenvalue weighted by atomic mass is 10.2. The van der Waals surface area contributed by atoms with Crippen LogP contribution in [-0.2, 0) is 11.3 Å². The molecular formula is C13H20ClN3O2S. The number of rotatable bonds is 3. The van der Waals surface area contributed by atoms with Crippen LogP contribution in [0.1, 0.15) is 32.1 Å². The van der Waals surface area contributed by atoms with Crippen LogP contribution in [0.15, 0.2) is 6.20 Å². The van der Waals surface area contributed by atoms with Crippen molar-refractivity contribution >= 4 is 29.0 Å². The smallest absolute Gasteiger partial charge is 0.410 e. The molecule has 7 heteroatoms. The maximum atomic E-state index is 11.9. The number of thiazole rings is 1. The van der Waals surface area contributed by atoms with Gasteiger partial charge >= 0.3 is 6.09 Å². The van der Waals surface area contributed by atoms with Crippen LogP contribution in [0.4, 0.5) is 4.79 Å². The second-order valence-electron chi connectivity index (χ2n) is 5.87. The van der Waals surface area contributed by atoms with Gasteiger partial charge < -0.3 is 15.0 Å². The zero-order valence-corrected chi connectivity index (χ0v) is 13.6. The maximum absolute atomic E-state index is 11.9. The summed E-state index contributed by atoms with van der Waals surface area (Å²) < 4.78 is 5.93. The first-order valence-electron chi connectivity index (χ1n) is 6.65. The third-order valence-electron chi connectivity index (χ3n) is 2.93. The summed E-state index contributed by atoms with van der Waals surface area (Å²) in [6, 6.07) is 0.295. The molecule has 1 saturated heterocycles. The van der Waals surface area contributed by atoms with Crippen LogP contribution in [0.2, 0.25) is 4.47 Å². The van der Waals surface area contributed by atoms with Gasteiger partial charge in [-0.15, -0.1) is 11.3 Å². The lowest BCUT2D eigenvalue weighted by Gasteiger charge is -2.24. The number of hydrogen-bond acceptors (Lipinski definition) is 5. The summed E-state index contributed by atoms with van der Waals surface area (Å²) in [6.45, 7) is 7.79. The molecule has 1 N–H and O–H groups in total. The minimum absolute atomic E-state index is 0.234. The Balaban J connectivity index is 1.76. The molecule has 112 valence electrons. The molecule has 1 aliphatic heterocycles. The maximum Gasteiger partial charge on any atom is 0.410 e. The van der Waals surface area contributed by atoms with E-state index in [9.17, 15) is 4.79 Å². The predicted octanol–water partition coefficient (Wildman–Crippen LogP) is 2.90. The number of hydrogen-bond donors (Lipinski definition) is 1. The highest BCUT2D eigenvalue weighted by molar-refractivity contribution is 7.15. The Hall–Kier alpha value is -0.850. The van der Waals surface area contributed by atoms with E-state index in [1.807, 2.05) is 20.8 Å². The Bertz CT molecular complexity index is 472. The molecule has 0 spiro atoms. The van der Waals surface area contributed by atoms with E-state index < -0.39 is 5.60 Å². The van der Waals surface area contributed by atoms with E-state index in [2.05, 4.69) is 10.3 Å². The van der Waals surface area contributed by atoms with Crippen molar-refractivity contribution in [1.29, 1.82) is 0 Å². The van der Waals surface area contributed by atoms with Crippen LogP contribution in [0.3, 0.4) is 0 Å². The molecule has 1 atom stereocenters. The molecular weight excluding hydrogens is 298 g/mol. The second-order valence-corrected chi connectivity index (χ2v) is 7.57. The highest BCUT2D eigenvalue weighted by Crippen LogP contribution is 2.19. The Morgan fingerprint density at radius 1 is 1.65 bits per heavy atom. The third-order valence-corrected chi connectivity index (χ3v) is 4.05. The molecule has 1 fully saturated rings. The lowest BCUT2D eigenvalue weighted by Crippen LogP contribution is -2.38. The van der Waals surface area contributed by atoms with E-state index in [1.165, 1.54) is 11.3 Å². The van der Waals surface area contributed by atoms with Crippen molar-refractivity contribution in [2.45, 2.75) is 45.4 Å². The summed E-state index contributed by atoms with van der Waals surface area (Å²) in [5, 5.41) is 3.42. The van der Waals surface area contributed by atoms with E-state index in [1.54, 1.807) is 11.1 Å². The van der Waals surface area contributed by atoms with Gasteiger partial charge in [-0.3, -0.25) is 0 Å². The molecule has 0 bridgehead atoms. The van der Waals surface area contributed by atoms with Crippen LogP contribution >= 0.6 is 22.9 Å². The minimum Gasteiger partial charge on any atom is -0.444 e. The molecule has 20 heavy (non-hydrogen) atoms. The van der Waals surface area contributed by atoms with Crippen molar-refractivity contribution in [2.24, 2.45) is 0 Å². The molecule has 0 aromatic carbocycles. The van der Waals surface area contributed by atoms with Gasteiger partial charge in [-0.1, -0.05) is 11.6 Å². The fourth-order valence-corrected chi connectivity index (χ4v) is 2.96. The fraction of sp³-hybridized carbons (Fsp3) is 0.692. The van der Waals surface area contributed by atoms with E-state index in [-0.39, 0.29) is 6.09 Å². The molecule has 0 aliphatic carbocycles. The predicted molar refractivity (Wildman–Crippen MR) is 80.2 cm³/mol. The van der Waals surface area contributed by atoms with E-state index in [4.69, 9.17) is 16.3 Å². The number of carbonyl (C=O) groups is 1. The van der Waals surface area contributed by atoms with Gasteiger partial charge in [-0.2, -0.15) is 0 Å². The fourth-order valence-electron chi connectivity index (χ4n) is 2.03. The van der Waals surface area contributed by atoms with Crippen LogP contribution in [0.5, 0.6) is 0 Å². The number of likely N-dealkylation sites (tertiary alicyclic amines) is 1. The largest absolute Gasteiger partial charge is 0.444 e. The van der Waals surface area contributed by atoms with E-state index >= 15 is 0 Å². The number of aromatic nitrogens is 1. The number of ether oxygens (including phenoxy) is 1. The number of halogens is 1. The number of amides is 1. The quantitative estimate of drug-likeness (QED) is 0.931. The highest BCUT2D eigenvalue weighted by Gasteiger charge is 2.29. The summed E-state index contributed by atoms with van der Waals surface area (Å²) in [6.07, 6.45) is 2.48. The molecule has 2 heterocycles. The van der Waals surface area contributed by atoms with Crippen molar-refractivity contribution in [3.8, 4) is 0 Å². The van der Waals surface area contributed by atoms with Gasteiger partial charge in [0.1, 0.15) is 5.60 Å². The molecule has 5 nitrogen and oxygen atoms in total. The molecule has 1 aliphatic rings. The molecule has 0 radical (unpaired) electrons. The van der Waals surface area contributed by atoms with Crippen molar-refractivity contribution in [2.75, 3.05) is 13.1 Å². The average molecular weight is 318 g/mol.